The summed E-state index contributed by atoms with van der Waals surface area (Å²) in [5, 5.41) is 5.43. The molecule has 0 spiro atoms. The van der Waals surface area contributed by atoms with Gasteiger partial charge in [-0.05, 0) is 44.5 Å². The summed E-state index contributed by atoms with van der Waals surface area (Å²) in [6.07, 6.45) is -0.107. The van der Waals surface area contributed by atoms with Crippen molar-refractivity contribution in [3.63, 3.8) is 0 Å². The number of anilines is 1. The van der Waals surface area contributed by atoms with Crippen molar-refractivity contribution in [2.24, 2.45) is 0 Å². The standard InChI is InChI=1S/C20H27N3O4/c1-12(2)10-16(20(26)22-18-13(3)27-11-17(18)24)21-19(25)14-6-8-15(9-7-14)23(4)5/h6-9,13,16,18H,1,10-11H2,2-5H3,(H,21,25)(H,22,26)/t13-,16?,18?/m1/s1. The second-order valence-electron chi connectivity index (χ2n) is 7.10. The minimum Gasteiger partial charge on any atom is -0.378 e. The van der Waals surface area contributed by atoms with E-state index in [-0.39, 0.29) is 30.8 Å². The highest BCUT2D eigenvalue weighted by Gasteiger charge is 2.35. The smallest absolute Gasteiger partial charge is 0.251 e. The maximum Gasteiger partial charge on any atom is 0.251 e. The first-order valence-corrected chi connectivity index (χ1v) is 8.86. The number of Topliss-reactive ketones (excluding diaryl/α,β-unsaturated/α-hetero) is 1. The van der Waals surface area contributed by atoms with Gasteiger partial charge >= 0.3 is 0 Å². The molecule has 0 aromatic heterocycles. The molecule has 1 aliphatic rings. The number of nitrogens with zero attached hydrogens (tertiary/aromatic N) is 1. The normalized spacial score (nSPS) is 20.1. The Morgan fingerprint density at radius 3 is 2.41 bits per heavy atom. The molecular formula is C20H27N3O4. The number of hydrogen-bond acceptors (Lipinski definition) is 5. The minimum atomic E-state index is -0.816. The Labute approximate surface area is 159 Å². The van der Waals surface area contributed by atoms with Crippen LogP contribution in [0, 0.1) is 0 Å². The highest BCUT2D eigenvalue weighted by atomic mass is 16.5. The van der Waals surface area contributed by atoms with E-state index < -0.39 is 18.0 Å². The van der Waals surface area contributed by atoms with Crippen LogP contribution in [-0.4, -0.2) is 56.5 Å². The molecule has 27 heavy (non-hydrogen) atoms. The third-order valence-electron chi connectivity index (χ3n) is 4.42. The predicted molar refractivity (Wildman–Crippen MR) is 104 cm³/mol. The third-order valence-corrected chi connectivity index (χ3v) is 4.42. The molecule has 2 unspecified atom stereocenters. The molecule has 2 N–H and O–H groups in total. The topological polar surface area (TPSA) is 87.7 Å². The van der Waals surface area contributed by atoms with E-state index >= 15 is 0 Å². The lowest BCUT2D eigenvalue weighted by molar-refractivity contribution is -0.127. The van der Waals surface area contributed by atoms with Gasteiger partial charge in [0, 0.05) is 25.3 Å². The molecule has 2 rings (SSSR count). The number of carbonyl (C=O) groups is 3. The van der Waals surface area contributed by atoms with Gasteiger partial charge in [-0.3, -0.25) is 14.4 Å². The molecule has 0 radical (unpaired) electrons. The van der Waals surface area contributed by atoms with E-state index in [9.17, 15) is 14.4 Å². The molecule has 146 valence electrons. The van der Waals surface area contributed by atoms with Crippen molar-refractivity contribution < 1.29 is 19.1 Å². The molecule has 1 heterocycles. The Morgan fingerprint density at radius 1 is 1.30 bits per heavy atom. The Morgan fingerprint density at radius 2 is 1.93 bits per heavy atom. The quantitative estimate of drug-likeness (QED) is 0.703. The predicted octanol–water partition coefficient (Wildman–Crippen LogP) is 1.29. The molecule has 2 amide bonds. The van der Waals surface area contributed by atoms with Crippen LogP contribution in [0.25, 0.3) is 0 Å². The Kier molecular flexibility index (Phi) is 6.74. The van der Waals surface area contributed by atoms with Crippen LogP contribution in [-0.2, 0) is 14.3 Å². The summed E-state index contributed by atoms with van der Waals surface area (Å²) in [4.78, 5) is 39.0. The maximum atomic E-state index is 12.7. The summed E-state index contributed by atoms with van der Waals surface area (Å²) in [6, 6.07) is 5.57. The Bertz CT molecular complexity index is 727. The van der Waals surface area contributed by atoms with E-state index in [4.69, 9.17) is 4.74 Å². The fourth-order valence-electron chi connectivity index (χ4n) is 2.82. The second-order valence-corrected chi connectivity index (χ2v) is 7.10. The van der Waals surface area contributed by atoms with Crippen LogP contribution in [0.3, 0.4) is 0 Å². The van der Waals surface area contributed by atoms with Gasteiger partial charge in [-0.15, -0.1) is 6.58 Å². The second kappa shape index (κ2) is 8.81. The summed E-state index contributed by atoms with van der Waals surface area (Å²) in [6.45, 7) is 7.32. The summed E-state index contributed by atoms with van der Waals surface area (Å²) >= 11 is 0. The monoisotopic (exact) mass is 373 g/mol. The fraction of sp³-hybridized carbons (Fsp3) is 0.450. The van der Waals surface area contributed by atoms with Crippen molar-refractivity contribution in [1.82, 2.24) is 10.6 Å². The van der Waals surface area contributed by atoms with Gasteiger partial charge in [0.1, 0.15) is 18.7 Å². The molecule has 3 atom stereocenters. The number of hydrogen-bond donors (Lipinski definition) is 2. The van der Waals surface area contributed by atoms with Crippen LogP contribution in [0.1, 0.15) is 30.6 Å². The lowest BCUT2D eigenvalue weighted by Gasteiger charge is -2.22. The first-order chi connectivity index (χ1) is 12.7. The first-order valence-electron chi connectivity index (χ1n) is 8.86. The molecule has 0 bridgehead atoms. The van der Waals surface area contributed by atoms with Gasteiger partial charge in [-0.2, -0.15) is 0 Å². The molecule has 1 aromatic rings. The zero-order valence-electron chi connectivity index (χ0n) is 16.2. The van der Waals surface area contributed by atoms with E-state index in [1.807, 2.05) is 31.1 Å². The number of ether oxygens (including phenoxy) is 1. The molecule has 0 aliphatic carbocycles. The van der Waals surface area contributed by atoms with Gasteiger partial charge in [-0.25, -0.2) is 0 Å². The van der Waals surface area contributed by atoms with E-state index in [1.165, 1.54) is 0 Å². The number of rotatable bonds is 7. The zero-order chi connectivity index (χ0) is 20.1. The zero-order valence-corrected chi connectivity index (χ0v) is 16.2. The first kappa shape index (κ1) is 20.6. The van der Waals surface area contributed by atoms with Crippen molar-refractivity contribution in [3.8, 4) is 0 Å². The molecule has 1 fully saturated rings. The highest BCUT2D eigenvalue weighted by Crippen LogP contribution is 2.14. The largest absolute Gasteiger partial charge is 0.378 e. The number of amides is 2. The molecule has 1 saturated heterocycles. The number of benzene rings is 1. The van der Waals surface area contributed by atoms with E-state index in [2.05, 4.69) is 17.2 Å². The lowest BCUT2D eigenvalue weighted by atomic mass is 10.0. The molecule has 7 nitrogen and oxygen atoms in total. The average Bonchev–Trinajstić information content (AvgIpc) is 2.92. The van der Waals surface area contributed by atoms with Crippen molar-refractivity contribution in [2.75, 3.05) is 25.6 Å². The van der Waals surface area contributed by atoms with E-state index in [0.717, 1.165) is 11.3 Å². The van der Waals surface area contributed by atoms with Crippen molar-refractivity contribution in [3.05, 3.63) is 42.0 Å². The van der Waals surface area contributed by atoms with Crippen LogP contribution >= 0.6 is 0 Å². The molecule has 0 saturated carbocycles. The Balaban J connectivity index is 2.08. The highest BCUT2D eigenvalue weighted by molar-refractivity contribution is 5.99. The van der Waals surface area contributed by atoms with Gasteiger partial charge in [0.2, 0.25) is 5.91 Å². The molecular weight excluding hydrogens is 346 g/mol. The lowest BCUT2D eigenvalue weighted by Crippen LogP contribution is -2.53. The number of carbonyl (C=O) groups excluding carboxylic acids is 3. The number of ketones is 1. The summed E-state index contributed by atoms with van der Waals surface area (Å²) in [5.74, 6) is -0.953. The van der Waals surface area contributed by atoms with Gasteiger partial charge < -0.3 is 20.3 Å². The summed E-state index contributed by atoms with van der Waals surface area (Å²) in [5.41, 5.74) is 2.17. The minimum absolute atomic E-state index is 0.0121. The summed E-state index contributed by atoms with van der Waals surface area (Å²) < 4.78 is 5.25. The number of nitrogens with one attached hydrogen (secondary N) is 2. The van der Waals surface area contributed by atoms with E-state index in [1.54, 1.807) is 26.0 Å². The Hall–Kier alpha value is -2.67. The van der Waals surface area contributed by atoms with Crippen molar-refractivity contribution >= 4 is 23.3 Å². The van der Waals surface area contributed by atoms with Crippen LogP contribution in [0.2, 0.25) is 0 Å². The molecule has 7 heteroatoms. The average molecular weight is 373 g/mol. The maximum absolute atomic E-state index is 12.7. The SMILES string of the molecule is C=C(C)CC(NC(=O)c1ccc(N(C)C)cc1)C(=O)NC1C(=O)CO[C@@H]1C. The molecule has 1 aromatic carbocycles. The van der Waals surface area contributed by atoms with Crippen LogP contribution in [0.4, 0.5) is 5.69 Å². The fourth-order valence-corrected chi connectivity index (χ4v) is 2.82. The van der Waals surface area contributed by atoms with Crippen LogP contribution in [0.5, 0.6) is 0 Å². The molecule has 1 aliphatic heterocycles. The van der Waals surface area contributed by atoms with E-state index in [0.29, 0.717) is 5.56 Å². The van der Waals surface area contributed by atoms with Gasteiger partial charge in [0.15, 0.2) is 5.78 Å². The van der Waals surface area contributed by atoms with Gasteiger partial charge in [0.05, 0.1) is 6.10 Å². The van der Waals surface area contributed by atoms with Crippen molar-refractivity contribution in [1.29, 1.82) is 0 Å². The van der Waals surface area contributed by atoms with Gasteiger partial charge in [-0.1, -0.05) is 5.57 Å². The summed E-state index contributed by atoms with van der Waals surface area (Å²) in [7, 11) is 3.83. The van der Waals surface area contributed by atoms with Crippen LogP contribution in [0.15, 0.2) is 36.4 Å². The third kappa shape index (κ3) is 5.40. The van der Waals surface area contributed by atoms with Crippen LogP contribution < -0.4 is 15.5 Å². The van der Waals surface area contributed by atoms with Gasteiger partial charge in [0.25, 0.3) is 5.91 Å². The van der Waals surface area contributed by atoms with Crippen molar-refractivity contribution in [2.45, 2.75) is 38.5 Å².